The second kappa shape index (κ2) is 12.1. The van der Waals surface area contributed by atoms with E-state index in [1.165, 1.54) is 0 Å². The molecule has 1 N–H and O–H groups in total. The maximum Gasteiger partial charge on any atom is 0.329 e. The summed E-state index contributed by atoms with van der Waals surface area (Å²) in [6.07, 6.45) is 2.54. The average Bonchev–Trinajstić information content (AvgIpc) is 3.62. The number of rotatable bonds is 6. The van der Waals surface area contributed by atoms with Crippen LogP contribution in [0.5, 0.6) is 0 Å². The Balaban J connectivity index is 0.000000444. The van der Waals surface area contributed by atoms with E-state index in [1.807, 2.05) is 42.5 Å². The van der Waals surface area contributed by atoms with Crippen molar-refractivity contribution in [3.63, 3.8) is 0 Å². The van der Waals surface area contributed by atoms with Crippen LogP contribution in [0.1, 0.15) is 64.5 Å². The van der Waals surface area contributed by atoms with E-state index in [2.05, 4.69) is 0 Å². The summed E-state index contributed by atoms with van der Waals surface area (Å²) in [7, 11) is 0. The van der Waals surface area contributed by atoms with Gasteiger partial charge < -0.3 is 14.7 Å². The number of hydrogen-bond acceptors (Lipinski definition) is 4. The minimum absolute atomic E-state index is 0.0483. The number of hydrogen-bond donors (Lipinski definition) is 1. The van der Waals surface area contributed by atoms with E-state index in [9.17, 15) is 19.5 Å². The number of amides is 1. The fourth-order valence-corrected chi connectivity index (χ4v) is 4.72. The molecule has 36 heavy (non-hydrogen) atoms. The second-order valence-corrected chi connectivity index (χ2v) is 11.2. The molecule has 8 heteroatoms. The summed E-state index contributed by atoms with van der Waals surface area (Å²) in [4.78, 5) is 39.4. The molecule has 0 radical (unpaired) electrons. The Morgan fingerprint density at radius 1 is 0.972 bits per heavy atom. The number of esters is 1. The zero-order valence-corrected chi connectivity index (χ0v) is 22.3. The molecular formula is C28H33Cl2NO5. The fourth-order valence-electron chi connectivity index (χ4n) is 4.45. The van der Waals surface area contributed by atoms with E-state index < -0.39 is 29.5 Å². The van der Waals surface area contributed by atoms with Crippen LogP contribution in [0.4, 0.5) is 0 Å². The number of aliphatic carboxylic acids is 1. The highest BCUT2D eigenvalue weighted by molar-refractivity contribution is 6.30. The Kier molecular flexibility index (Phi) is 9.42. The molecule has 1 saturated heterocycles. The summed E-state index contributed by atoms with van der Waals surface area (Å²) in [6.45, 7) is 5.41. The Bertz CT molecular complexity index is 1050. The number of carboxylic acid groups (broad SMARTS) is 1. The zero-order chi connectivity index (χ0) is 26.5. The molecule has 6 nitrogen and oxygen atoms in total. The summed E-state index contributed by atoms with van der Waals surface area (Å²) < 4.78 is 5.65. The van der Waals surface area contributed by atoms with Gasteiger partial charge in [0, 0.05) is 16.0 Å². The zero-order valence-electron chi connectivity index (χ0n) is 20.8. The van der Waals surface area contributed by atoms with Gasteiger partial charge in [0.2, 0.25) is 5.91 Å². The van der Waals surface area contributed by atoms with Crippen molar-refractivity contribution in [2.24, 2.45) is 11.8 Å². The summed E-state index contributed by atoms with van der Waals surface area (Å²) in [5.41, 5.74) is 0.227. The van der Waals surface area contributed by atoms with E-state index in [-0.39, 0.29) is 24.3 Å². The highest BCUT2D eigenvalue weighted by Gasteiger charge is 2.50. The van der Waals surface area contributed by atoms with E-state index in [1.54, 1.807) is 37.8 Å². The topological polar surface area (TPSA) is 83.9 Å². The first-order valence-electron chi connectivity index (χ1n) is 12.2. The predicted octanol–water partition coefficient (Wildman–Crippen LogP) is 6.55. The smallest absolute Gasteiger partial charge is 0.329 e. The van der Waals surface area contributed by atoms with Crippen molar-refractivity contribution in [3.05, 3.63) is 70.2 Å². The summed E-state index contributed by atoms with van der Waals surface area (Å²) in [5, 5.41) is 10.6. The lowest BCUT2D eigenvalue weighted by atomic mass is 9.84. The van der Waals surface area contributed by atoms with E-state index >= 15 is 0 Å². The van der Waals surface area contributed by atoms with Crippen LogP contribution >= 0.6 is 23.2 Å². The number of nitrogens with zero attached hydrogens (tertiary/aromatic N) is 1. The third-order valence-corrected chi connectivity index (χ3v) is 6.66. The Labute approximate surface area is 222 Å². The molecule has 4 rings (SSSR count). The van der Waals surface area contributed by atoms with E-state index in [0.717, 1.165) is 23.4 Å². The molecule has 0 aromatic heterocycles. The van der Waals surface area contributed by atoms with E-state index in [0.29, 0.717) is 17.9 Å². The van der Waals surface area contributed by atoms with Crippen molar-refractivity contribution in [1.82, 2.24) is 4.90 Å². The lowest BCUT2D eigenvalue weighted by Crippen LogP contribution is -2.54. The molecule has 1 heterocycles. The number of carbonyl (C=O) groups excluding carboxylic acids is 2. The van der Waals surface area contributed by atoms with Gasteiger partial charge in [-0.3, -0.25) is 9.59 Å². The largest absolute Gasteiger partial charge is 0.481 e. The number of carbonyl (C=O) groups is 3. The van der Waals surface area contributed by atoms with Crippen LogP contribution in [0.15, 0.2) is 54.6 Å². The molecule has 2 fully saturated rings. The molecule has 0 bridgehead atoms. The first kappa shape index (κ1) is 28.0. The average molecular weight is 534 g/mol. The fraction of sp³-hybridized carbons (Fsp3) is 0.464. The molecule has 194 valence electrons. The lowest BCUT2D eigenvalue weighted by molar-refractivity contribution is -0.171. The molecule has 3 unspecified atom stereocenters. The van der Waals surface area contributed by atoms with Gasteiger partial charge in [0.25, 0.3) is 0 Å². The number of benzene rings is 2. The van der Waals surface area contributed by atoms with Crippen LogP contribution in [0.3, 0.4) is 0 Å². The molecule has 1 amide bonds. The number of likely N-dealkylation sites (tertiary alicyclic amines) is 1. The summed E-state index contributed by atoms with van der Waals surface area (Å²) >= 11 is 11.6. The highest BCUT2D eigenvalue weighted by atomic mass is 35.5. The SMILES string of the molecule is CC(C)(C)OC(=O)C(C1CC1)N1C(=O)C(CC(=O)O)CCC1c1ccc(Cl)cc1.Clc1ccccc1. The van der Waals surface area contributed by atoms with Crippen molar-refractivity contribution in [2.75, 3.05) is 0 Å². The minimum atomic E-state index is -1.01. The van der Waals surface area contributed by atoms with Crippen molar-refractivity contribution in [3.8, 4) is 0 Å². The molecule has 1 aliphatic heterocycles. The van der Waals surface area contributed by atoms with Gasteiger partial charge in [0.15, 0.2) is 0 Å². The Hall–Kier alpha value is -2.57. The molecule has 2 aromatic rings. The minimum Gasteiger partial charge on any atom is -0.481 e. The molecule has 0 spiro atoms. The lowest BCUT2D eigenvalue weighted by Gasteiger charge is -2.43. The Morgan fingerprint density at radius 2 is 1.56 bits per heavy atom. The van der Waals surface area contributed by atoms with Gasteiger partial charge in [-0.15, -0.1) is 0 Å². The van der Waals surface area contributed by atoms with Crippen molar-refractivity contribution < 1.29 is 24.2 Å². The molecule has 3 atom stereocenters. The molecule has 1 aliphatic carbocycles. The van der Waals surface area contributed by atoms with Crippen LogP contribution < -0.4 is 0 Å². The number of halogens is 2. The van der Waals surface area contributed by atoms with Crippen molar-refractivity contribution in [2.45, 2.75) is 70.6 Å². The van der Waals surface area contributed by atoms with Gasteiger partial charge in [-0.1, -0.05) is 53.5 Å². The first-order chi connectivity index (χ1) is 17.0. The number of ether oxygens (including phenoxy) is 1. The van der Waals surface area contributed by atoms with Gasteiger partial charge in [-0.25, -0.2) is 4.79 Å². The first-order valence-corrected chi connectivity index (χ1v) is 12.9. The quantitative estimate of drug-likeness (QED) is 0.425. The van der Waals surface area contributed by atoms with Gasteiger partial charge in [-0.2, -0.15) is 0 Å². The number of piperidine rings is 1. The monoisotopic (exact) mass is 533 g/mol. The maximum atomic E-state index is 13.4. The predicted molar refractivity (Wildman–Crippen MR) is 140 cm³/mol. The van der Waals surface area contributed by atoms with Gasteiger partial charge >= 0.3 is 11.9 Å². The summed E-state index contributed by atoms with van der Waals surface area (Å²) in [6, 6.07) is 15.7. The molecular weight excluding hydrogens is 501 g/mol. The molecule has 2 aromatic carbocycles. The normalized spacial score (nSPS) is 20.7. The van der Waals surface area contributed by atoms with Gasteiger partial charge in [0.05, 0.1) is 12.5 Å². The third-order valence-electron chi connectivity index (χ3n) is 6.15. The van der Waals surface area contributed by atoms with Crippen LogP contribution in [0, 0.1) is 11.8 Å². The molecule has 1 saturated carbocycles. The standard InChI is InChI=1S/C22H28ClNO5.C6H5Cl/c1-22(2,3)29-21(28)19(14-4-5-14)24-17(13-6-9-16(23)10-7-13)11-8-15(20(24)27)12-18(25)26;7-6-4-2-1-3-5-6/h6-7,9-10,14-15,17,19H,4-5,8,11-12H2,1-3H3,(H,25,26);1-5H. The van der Waals surface area contributed by atoms with Crippen LogP contribution in [0.25, 0.3) is 0 Å². The van der Waals surface area contributed by atoms with Gasteiger partial charge in [-0.05, 0) is 82.2 Å². The summed E-state index contributed by atoms with van der Waals surface area (Å²) in [5.74, 6) is -2.27. The van der Waals surface area contributed by atoms with Crippen molar-refractivity contribution >= 4 is 41.0 Å². The maximum absolute atomic E-state index is 13.4. The third kappa shape index (κ3) is 7.97. The van der Waals surface area contributed by atoms with Crippen LogP contribution in [-0.2, 0) is 19.1 Å². The number of carboxylic acids is 1. The van der Waals surface area contributed by atoms with Crippen molar-refractivity contribution in [1.29, 1.82) is 0 Å². The Morgan fingerprint density at radius 3 is 2.03 bits per heavy atom. The van der Waals surface area contributed by atoms with Crippen LogP contribution in [0.2, 0.25) is 10.0 Å². The second-order valence-electron chi connectivity index (χ2n) is 10.3. The van der Waals surface area contributed by atoms with E-state index in [4.69, 9.17) is 27.9 Å². The van der Waals surface area contributed by atoms with Gasteiger partial charge in [0.1, 0.15) is 11.6 Å². The highest BCUT2D eigenvalue weighted by Crippen LogP contribution is 2.44. The molecule has 2 aliphatic rings. The van der Waals surface area contributed by atoms with Crippen LogP contribution in [-0.4, -0.2) is 39.5 Å².